The van der Waals surface area contributed by atoms with Crippen LogP contribution in [-0.2, 0) is 94.3 Å². The van der Waals surface area contributed by atoms with Gasteiger partial charge in [0.2, 0.25) is 5.91 Å². The Morgan fingerprint density at radius 3 is 1.31 bits per heavy atom. The largest absolute Gasteiger partial charge is 0.461 e. The molecule has 0 aromatic heterocycles. The molecule has 0 heterocycles. The first-order chi connectivity index (χ1) is 34.5. The third-order valence-corrected chi connectivity index (χ3v) is 12.0. The molecule has 0 aliphatic rings. The highest BCUT2D eigenvalue weighted by Crippen LogP contribution is 2.45. The predicted molar refractivity (Wildman–Crippen MR) is 260 cm³/mol. The van der Waals surface area contributed by atoms with Gasteiger partial charge in [0, 0.05) is 12.8 Å². The summed E-state index contributed by atoms with van der Waals surface area (Å²) in [6, 6.07) is 39.9. The van der Waals surface area contributed by atoms with E-state index in [4.69, 9.17) is 32.7 Å². The van der Waals surface area contributed by atoms with Gasteiger partial charge in [-0.05, 0) is 47.1 Å². The maximum absolute atomic E-state index is 14.7. The summed E-state index contributed by atoms with van der Waals surface area (Å²) < 4.78 is 53.7. The van der Waals surface area contributed by atoms with Crippen molar-refractivity contribution in [3.63, 3.8) is 0 Å². The van der Waals surface area contributed by atoms with Crippen LogP contribution in [0.1, 0.15) is 73.3 Å². The summed E-state index contributed by atoms with van der Waals surface area (Å²) in [6.07, 6.45) is -1.19. The zero-order valence-corrected chi connectivity index (χ0v) is 40.4. The van der Waals surface area contributed by atoms with E-state index in [1.807, 2.05) is 19.1 Å². The number of carbonyl (C=O) groups is 6. The Kier molecular flexibility index (Phi) is 23.5. The number of nitrogens with one attached hydrogen (secondary N) is 3. The van der Waals surface area contributed by atoms with Gasteiger partial charge in [-0.2, -0.15) is 0 Å². The average molecular weight is 994 g/mol. The second kappa shape index (κ2) is 30.4. The number of benzene rings is 5. The monoisotopic (exact) mass is 993 g/mol. The molecule has 4 atom stereocenters. The fourth-order valence-corrected chi connectivity index (χ4v) is 8.02. The van der Waals surface area contributed by atoms with Gasteiger partial charge in [-0.1, -0.05) is 165 Å². The molecular weight excluding hydrogens is 934 g/mol. The lowest BCUT2D eigenvalue weighted by atomic mass is 10.1. The lowest BCUT2D eigenvalue weighted by Crippen LogP contribution is -2.47. The van der Waals surface area contributed by atoms with Gasteiger partial charge < -0.3 is 34.3 Å². The van der Waals surface area contributed by atoms with E-state index in [9.17, 15) is 33.3 Å². The van der Waals surface area contributed by atoms with Crippen LogP contribution in [0.5, 0.6) is 0 Å². The Labute approximate surface area is 413 Å². The van der Waals surface area contributed by atoms with Crippen molar-refractivity contribution in [1.29, 1.82) is 0 Å². The van der Waals surface area contributed by atoms with Crippen molar-refractivity contribution in [3.05, 3.63) is 179 Å². The van der Waals surface area contributed by atoms with Gasteiger partial charge in [0.05, 0.1) is 13.2 Å². The lowest BCUT2D eigenvalue weighted by molar-refractivity contribution is -0.151. The Hall–Kier alpha value is -7.17. The molecule has 0 saturated heterocycles. The highest BCUT2D eigenvalue weighted by atomic mass is 31.2. The standard InChI is InChI=1S/C53H60N3O14P/c1-2-3-33-69-71(63,56-46(51(60)66-36-42-23-13-6-14-24-42)30-32-49(58)64-34-40-19-9-4-10-20-40)70-39-47(52(61)67-37-43-25-15-7-16-26-43)54-48(57)31-29-45(50(59)65-35-41-21-11-5-12-22-41)55-53(62)68-38-44-27-17-8-18-28-44/h4-28,45-47H,2-3,29-39H2,1H3,(H,54,57)(H,55,62)(H,56,63)/t45-,46-,47-,71?/m0/s1. The molecule has 5 aromatic carbocycles. The van der Waals surface area contributed by atoms with E-state index in [2.05, 4.69) is 15.7 Å². The highest BCUT2D eigenvalue weighted by Gasteiger charge is 2.36. The quantitative estimate of drug-likeness (QED) is 0.0171. The number of rotatable bonds is 30. The van der Waals surface area contributed by atoms with Crippen LogP contribution in [-0.4, -0.2) is 67.2 Å². The minimum absolute atomic E-state index is 0.0117. The molecule has 71 heavy (non-hydrogen) atoms. The van der Waals surface area contributed by atoms with Crippen LogP contribution >= 0.6 is 7.75 Å². The van der Waals surface area contributed by atoms with E-state index in [1.165, 1.54) is 0 Å². The number of amides is 2. The van der Waals surface area contributed by atoms with Crippen molar-refractivity contribution in [2.75, 3.05) is 13.2 Å². The van der Waals surface area contributed by atoms with Crippen molar-refractivity contribution in [2.45, 2.75) is 96.6 Å². The van der Waals surface area contributed by atoms with Crippen LogP contribution in [0.15, 0.2) is 152 Å². The van der Waals surface area contributed by atoms with Gasteiger partial charge in [-0.15, -0.1) is 0 Å². The SMILES string of the molecule is CCCCOP(=O)(N[C@@H](CCC(=O)OCc1ccccc1)C(=O)OCc1ccccc1)OC[C@H](NC(=O)CC[C@H](NC(=O)OCc1ccccc1)C(=O)OCc1ccccc1)C(=O)OCc1ccccc1. The number of unbranched alkanes of at least 4 members (excludes halogenated alkanes) is 1. The molecule has 0 aliphatic heterocycles. The molecule has 2 amide bonds. The summed E-state index contributed by atoms with van der Waals surface area (Å²) in [6.45, 7) is 0.403. The minimum Gasteiger partial charge on any atom is -0.461 e. The highest BCUT2D eigenvalue weighted by molar-refractivity contribution is 7.51. The van der Waals surface area contributed by atoms with Crippen LogP contribution in [0.25, 0.3) is 0 Å². The van der Waals surface area contributed by atoms with Gasteiger partial charge in [-0.25, -0.2) is 24.0 Å². The molecule has 0 spiro atoms. The van der Waals surface area contributed by atoms with E-state index >= 15 is 0 Å². The lowest BCUT2D eigenvalue weighted by Gasteiger charge is -2.26. The summed E-state index contributed by atoms with van der Waals surface area (Å²) in [5.74, 6) is -4.15. The van der Waals surface area contributed by atoms with Gasteiger partial charge in [-0.3, -0.25) is 23.4 Å². The number of hydrogen-bond donors (Lipinski definition) is 3. The molecule has 376 valence electrons. The zero-order chi connectivity index (χ0) is 50.5. The number of alkyl carbamates (subject to hydrolysis) is 1. The number of esters is 4. The second-order valence-electron chi connectivity index (χ2n) is 16.0. The fourth-order valence-electron chi connectivity index (χ4n) is 6.47. The van der Waals surface area contributed by atoms with Crippen molar-refractivity contribution in [3.8, 4) is 0 Å². The summed E-state index contributed by atoms with van der Waals surface area (Å²) in [7, 11) is -4.60. The normalized spacial score (nSPS) is 13.0. The first-order valence-corrected chi connectivity index (χ1v) is 24.8. The zero-order valence-electron chi connectivity index (χ0n) is 39.5. The molecule has 0 fully saturated rings. The first kappa shape index (κ1) is 54.8. The Balaban J connectivity index is 1.31. The van der Waals surface area contributed by atoms with Crippen LogP contribution < -0.4 is 15.7 Å². The van der Waals surface area contributed by atoms with Gasteiger partial charge in [0.25, 0.3) is 0 Å². The first-order valence-electron chi connectivity index (χ1n) is 23.2. The molecule has 1 unspecified atom stereocenters. The molecule has 5 aromatic rings. The maximum atomic E-state index is 14.7. The van der Waals surface area contributed by atoms with Gasteiger partial charge in [0.15, 0.2) is 6.04 Å². The van der Waals surface area contributed by atoms with E-state index in [0.29, 0.717) is 35.1 Å². The summed E-state index contributed by atoms with van der Waals surface area (Å²) in [5, 5.41) is 7.65. The molecule has 5 rings (SSSR count). The molecule has 0 aliphatic carbocycles. The molecule has 3 N–H and O–H groups in total. The molecule has 0 radical (unpaired) electrons. The van der Waals surface area contributed by atoms with Crippen molar-refractivity contribution >= 4 is 43.6 Å². The third-order valence-electron chi connectivity index (χ3n) is 10.4. The number of hydrogen-bond acceptors (Lipinski definition) is 14. The summed E-state index contributed by atoms with van der Waals surface area (Å²) in [5.41, 5.74) is 3.43. The fraction of sp³-hybridized carbons (Fsp3) is 0.321. The molecule has 0 bridgehead atoms. The minimum atomic E-state index is -4.60. The van der Waals surface area contributed by atoms with Gasteiger partial charge in [0.1, 0.15) is 45.1 Å². The number of carbonyl (C=O) groups excluding carboxylic acids is 6. The Morgan fingerprint density at radius 1 is 0.465 bits per heavy atom. The molecular formula is C53H60N3O14P. The van der Waals surface area contributed by atoms with E-state index < -0.39 is 74.8 Å². The van der Waals surface area contributed by atoms with Crippen molar-refractivity contribution in [1.82, 2.24) is 15.7 Å². The van der Waals surface area contributed by atoms with Crippen molar-refractivity contribution in [2.24, 2.45) is 0 Å². The molecule has 17 nitrogen and oxygen atoms in total. The molecule has 18 heteroatoms. The van der Waals surface area contributed by atoms with Crippen LogP contribution in [0.3, 0.4) is 0 Å². The average Bonchev–Trinajstić information content (AvgIpc) is 3.40. The summed E-state index contributed by atoms with van der Waals surface area (Å²) >= 11 is 0. The topological polar surface area (TPSA) is 220 Å². The van der Waals surface area contributed by atoms with E-state index in [0.717, 1.165) is 5.56 Å². The van der Waals surface area contributed by atoms with Crippen molar-refractivity contribution < 1.29 is 66.1 Å². The number of ether oxygens (including phenoxy) is 5. The Bertz CT molecular complexity index is 2450. The Morgan fingerprint density at radius 2 is 0.859 bits per heavy atom. The predicted octanol–water partition coefficient (Wildman–Crippen LogP) is 8.20. The second-order valence-corrected chi connectivity index (χ2v) is 17.8. The van der Waals surface area contributed by atoms with Crippen LogP contribution in [0.4, 0.5) is 4.79 Å². The summed E-state index contributed by atoms with van der Waals surface area (Å²) in [4.78, 5) is 80.5. The van der Waals surface area contributed by atoms with Gasteiger partial charge >= 0.3 is 37.7 Å². The maximum Gasteiger partial charge on any atom is 0.408 e. The molecule has 0 saturated carbocycles. The third kappa shape index (κ3) is 21.2. The van der Waals surface area contributed by atoms with Crippen LogP contribution in [0.2, 0.25) is 0 Å². The van der Waals surface area contributed by atoms with Crippen LogP contribution in [0, 0.1) is 0 Å². The van der Waals surface area contributed by atoms with E-state index in [-0.39, 0.29) is 58.9 Å². The van der Waals surface area contributed by atoms with E-state index in [1.54, 1.807) is 140 Å². The smallest absolute Gasteiger partial charge is 0.408 e.